The maximum absolute atomic E-state index is 14.7. The number of nitrogens with one attached hydrogen (secondary N) is 1. The lowest BCUT2D eigenvalue weighted by atomic mass is 9.90. The van der Waals surface area contributed by atoms with Gasteiger partial charge in [-0.05, 0) is 43.2 Å². The highest BCUT2D eigenvalue weighted by Crippen LogP contribution is 2.38. The zero-order chi connectivity index (χ0) is 28.1. The van der Waals surface area contributed by atoms with E-state index in [1.165, 1.54) is 19.5 Å². The molecule has 0 spiro atoms. The number of nitrogens with zero attached hydrogens (tertiary/aromatic N) is 7. The van der Waals surface area contributed by atoms with Gasteiger partial charge in [-0.1, -0.05) is 13.8 Å². The van der Waals surface area contributed by atoms with Crippen molar-refractivity contribution in [1.82, 2.24) is 24.9 Å². The van der Waals surface area contributed by atoms with Crippen LogP contribution in [-0.2, 0) is 9.84 Å². The number of aliphatic hydroxyl groups is 1. The fourth-order valence-electron chi connectivity index (χ4n) is 5.37. The minimum atomic E-state index is -3.05. The lowest BCUT2D eigenvalue weighted by Gasteiger charge is -2.47. The van der Waals surface area contributed by atoms with Crippen LogP contribution in [0.3, 0.4) is 0 Å². The highest BCUT2D eigenvalue weighted by Gasteiger charge is 2.40. The van der Waals surface area contributed by atoms with Gasteiger partial charge in [-0.2, -0.15) is 4.98 Å². The van der Waals surface area contributed by atoms with Gasteiger partial charge >= 0.3 is 0 Å². The van der Waals surface area contributed by atoms with Gasteiger partial charge in [-0.25, -0.2) is 32.7 Å². The number of aliphatic hydroxyl groups excluding tert-OH is 1. The largest absolute Gasteiger partial charge is 0.390 e. The van der Waals surface area contributed by atoms with Crippen molar-refractivity contribution in [3.63, 3.8) is 0 Å². The summed E-state index contributed by atoms with van der Waals surface area (Å²) in [6.07, 6.45) is 5.55. The Hall–Kier alpha value is -3.19. The number of hydrogen-bond donors (Lipinski definition) is 2. The van der Waals surface area contributed by atoms with E-state index < -0.39 is 21.6 Å². The minimum Gasteiger partial charge on any atom is -0.390 e. The molecule has 39 heavy (non-hydrogen) atoms. The van der Waals surface area contributed by atoms with Gasteiger partial charge in [0.05, 0.1) is 18.4 Å². The highest BCUT2D eigenvalue weighted by molar-refractivity contribution is 7.90. The maximum atomic E-state index is 14.7. The van der Waals surface area contributed by atoms with Gasteiger partial charge in [0.1, 0.15) is 27.8 Å². The van der Waals surface area contributed by atoms with E-state index in [0.29, 0.717) is 24.9 Å². The van der Waals surface area contributed by atoms with Crippen molar-refractivity contribution in [3.05, 3.63) is 30.4 Å². The molecule has 3 aromatic rings. The Bertz CT molecular complexity index is 1490. The molecule has 0 aliphatic carbocycles. The first-order chi connectivity index (χ1) is 18.3. The molecule has 0 bridgehead atoms. The molecule has 210 valence electrons. The number of hydrogen-bond acceptors (Lipinski definition) is 11. The fourth-order valence-corrected chi connectivity index (χ4v) is 6.53. The number of rotatable bonds is 7. The van der Waals surface area contributed by atoms with Crippen LogP contribution in [-0.4, -0.2) is 87.9 Å². The first kappa shape index (κ1) is 27.4. The summed E-state index contributed by atoms with van der Waals surface area (Å²) < 4.78 is 38.3. The summed E-state index contributed by atoms with van der Waals surface area (Å²) in [5, 5.41) is 15.0. The monoisotopic (exact) mass is 558 g/mol. The van der Waals surface area contributed by atoms with Crippen molar-refractivity contribution in [2.24, 2.45) is 5.92 Å². The number of halogens is 1. The molecule has 4 atom stereocenters. The predicted octanol–water partition coefficient (Wildman–Crippen LogP) is 2.85. The summed E-state index contributed by atoms with van der Waals surface area (Å²) >= 11 is 0. The molecule has 2 saturated heterocycles. The summed E-state index contributed by atoms with van der Waals surface area (Å²) in [7, 11) is -3.05. The lowest BCUT2D eigenvalue weighted by molar-refractivity contribution is -0.00860. The number of piperidine rings is 1. The smallest absolute Gasteiger partial charge is 0.233 e. The van der Waals surface area contributed by atoms with Crippen LogP contribution in [0.2, 0.25) is 0 Å². The average Bonchev–Trinajstić information content (AvgIpc) is 2.86. The van der Waals surface area contributed by atoms with E-state index in [4.69, 9.17) is 4.98 Å². The van der Waals surface area contributed by atoms with Crippen LogP contribution in [0.4, 0.5) is 27.9 Å². The average molecular weight is 559 g/mol. The third kappa shape index (κ3) is 5.60. The molecule has 2 fully saturated rings. The van der Waals surface area contributed by atoms with Crippen LogP contribution in [0.15, 0.2) is 24.8 Å². The van der Waals surface area contributed by atoms with Crippen LogP contribution in [0, 0.1) is 5.92 Å². The Labute approximate surface area is 227 Å². The second-order valence-corrected chi connectivity index (χ2v) is 13.5. The molecule has 2 aliphatic rings. The molecule has 5 heterocycles. The standard InChI is InChI=1S/C26H35FN8O3S/c1-15(2)19-9-29-23(35-11-17(16(35)3)12-39(5,37)38)20-10-28-22(8-18(19)20)32-24-30-14-31-25(33-24)34-7-6-21(36)26(4,27)13-34/h8-10,14-17,21,36H,6-7,11-13H2,1-5H3,(H,28,30,31,32,33)/t16-,17-,21+,26+/m1/s1. The molecular formula is C26H35FN8O3S. The molecule has 0 saturated carbocycles. The van der Waals surface area contributed by atoms with Crippen molar-refractivity contribution < 1.29 is 17.9 Å². The third-order valence-corrected chi connectivity index (χ3v) is 8.78. The normalized spacial score (nSPS) is 25.7. The van der Waals surface area contributed by atoms with Crippen LogP contribution in [0.1, 0.15) is 45.6 Å². The number of pyridine rings is 2. The first-order valence-corrected chi connectivity index (χ1v) is 15.2. The number of anilines is 4. The summed E-state index contributed by atoms with van der Waals surface area (Å²) in [4.78, 5) is 26.1. The molecule has 13 heteroatoms. The van der Waals surface area contributed by atoms with Gasteiger partial charge in [0, 0.05) is 49.1 Å². The molecule has 3 aromatic heterocycles. The highest BCUT2D eigenvalue weighted by atomic mass is 32.2. The van der Waals surface area contributed by atoms with E-state index in [1.54, 1.807) is 11.1 Å². The molecule has 11 nitrogen and oxygen atoms in total. The second-order valence-electron chi connectivity index (χ2n) is 11.3. The Morgan fingerprint density at radius 2 is 1.97 bits per heavy atom. The molecule has 0 radical (unpaired) electrons. The molecular weight excluding hydrogens is 523 g/mol. The number of aromatic nitrogens is 5. The van der Waals surface area contributed by atoms with Gasteiger partial charge in [-0.15, -0.1) is 0 Å². The molecule has 0 aromatic carbocycles. The van der Waals surface area contributed by atoms with Gasteiger partial charge in [-0.3, -0.25) is 0 Å². The van der Waals surface area contributed by atoms with E-state index in [9.17, 15) is 17.9 Å². The number of sulfone groups is 1. The van der Waals surface area contributed by atoms with Crippen molar-refractivity contribution in [1.29, 1.82) is 0 Å². The molecule has 0 amide bonds. The SMILES string of the molecule is CC(C)c1cnc(N2C[C@H](CS(C)(=O)=O)[C@H]2C)c2cnc(Nc3ncnc(N4CC[C@H](O)[C@@](C)(F)C4)n3)cc12. The van der Waals surface area contributed by atoms with E-state index in [0.717, 1.165) is 22.2 Å². The number of alkyl halides is 1. The molecule has 5 rings (SSSR count). The topological polar surface area (TPSA) is 137 Å². The zero-order valence-corrected chi connectivity index (χ0v) is 23.7. The predicted molar refractivity (Wildman–Crippen MR) is 149 cm³/mol. The summed E-state index contributed by atoms with van der Waals surface area (Å²) in [6, 6.07) is 1.98. The zero-order valence-electron chi connectivity index (χ0n) is 22.8. The van der Waals surface area contributed by atoms with E-state index in [-0.39, 0.29) is 42.5 Å². The van der Waals surface area contributed by atoms with Crippen LogP contribution in [0.5, 0.6) is 0 Å². The Kier molecular flexibility index (Phi) is 7.08. The van der Waals surface area contributed by atoms with Gasteiger partial charge < -0.3 is 20.2 Å². The molecule has 0 unspecified atom stereocenters. The van der Waals surface area contributed by atoms with Crippen molar-refractivity contribution in [2.75, 3.05) is 46.8 Å². The second kappa shape index (κ2) is 10.1. The summed E-state index contributed by atoms with van der Waals surface area (Å²) in [6.45, 7) is 8.65. The quantitative estimate of drug-likeness (QED) is 0.443. The van der Waals surface area contributed by atoms with Crippen LogP contribution in [0.25, 0.3) is 10.8 Å². The lowest BCUT2D eigenvalue weighted by Crippen LogP contribution is -2.57. The molecule has 2 N–H and O–H groups in total. The van der Waals surface area contributed by atoms with E-state index in [2.05, 4.69) is 44.0 Å². The fraction of sp³-hybridized carbons (Fsp3) is 0.577. The third-order valence-electron chi connectivity index (χ3n) is 7.75. The minimum absolute atomic E-state index is 0.0145. The maximum Gasteiger partial charge on any atom is 0.233 e. The van der Waals surface area contributed by atoms with Gasteiger partial charge in [0.2, 0.25) is 11.9 Å². The van der Waals surface area contributed by atoms with Gasteiger partial charge in [0.25, 0.3) is 0 Å². The Balaban J connectivity index is 1.41. The van der Waals surface area contributed by atoms with Crippen LogP contribution < -0.4 is 15.1 Å². The van der Waals surface area contributed by atoms with Crippen molar-refractivity contribution in [2.45, 2.75) is 57.8 Å². The number of fused-ring (bicyclic) bond motifs is 1. The summed E-state index contributed by atoms with van der Waals surface area (Å²) in [5.41, 5.74) is -0.693. The Morgan fingerprint density at radius 3 is 2.64 bits per heavy atom. The summed E-state index contributed by atoms with van der Waals surface area (Å²) in [5.74, 6) is 2.36. The van der Waals surface area contributed by atoms with Crippen LogP contribution >= 0.6 is 0 Å². The molecule has 2 aliphatic heterocycles. The van der Waals surface area contributed by atoms with E-state index >= 15 is 0 Å². The Morgan fingerprint density at radius 1 is 1.21 bits per heavy atom. The van der Waals surface area contributed by atoms with Crippen molar-refractivity contribution >= 4 is 44.1 Å². The first-order valence-electron chi connectivity index (χ1n) is 13.1. The van der Waals surface area contributed by atoms with Gasteiger partial charge in [0.15, 0.2) is 5.67 Å². The van der Waals surface area contributed by atoms with E-state index in [1.807, 2.05) is 19.2 Å². The van der Waals surface area contributed by atoms with Crippen molar-refractivity contribution in [3.8, 4) is 0 Å².